The van der Waals surface area contributed by atoms with Gasteiger partial charge < -0.3 is 19.3 Å². The molecule has 1 aromatic carbocycles. The number of amides is 1. The number of hydrogen-bond donors (Lipinski definition) is 1. The van der Waals surface area contributed by atoms with Crippen LogP contribution in [0.25, 0.3) is 0 Å². The Balaban J connectivity index is 1.50. The molecule has 1 aliphatic heterocycles. The molecule has 0 spiro atoms. The number of aliphatic hydroxyl groups excluding tert-OH is 1. The molecule has 1 unspecified atom stereocenters. The summed E-state index contributed by atoms with van der Waals surface area (Å²) >= 11 is 1.42. The highest BCUT2D eigenvalue weighted by Gasteiger charge is 2.21. The Labute approximate surface area is 193 Å². The Hall–Kier alpha value is -2.39. The van der Waals surface area contributed by atoms with Crippen molar-refractivity contribution in [3.8, 4) is 5.75 Å². The van der Waals surface area contributed by atoms with Crippen LogP contribution in [0.1, 0.15) is 62.1 Å². The van der Waals surface area contributed by atoms with E-state index in [1.807, 2.05) is 23.3 Å². The highest BCUT2D eigenvalue weighted by Crippen LogP contribution is 2.21. The van der Waals surface area contributed by atoms with Gasteiger partial charge in [-0.3, -0.25) is 9.59 Å². The van der Waals surface area contributed by atoms with Gasteiger partial charge in [-0.2, -0.15) is 0 Å². The molecule has 3 rings (SSSR count). The van der Waals surface area contributed by atoms with Crippen LogP contribution in [0, 0.1) is 0 Å². The summed E-state index contributed by atoms with van der Waals surface area (Å²) < 4.78 is 7.65. The molecule has 9 heteroatoms. The fourth-order valence-electron chi connectivity index (χ4n) is 3.59. The lowest BCUT2D eigenvalue weighted by atomic mass is 10.1. The molecule has 0 saturated carbocycles. The van der Waals surface area contributed by atoms with E-state index < -0.39 is 6.10 Å². The number of carbonyl (C=O) groups excluding carboxylic acids is 2. The molecule has 8 nitrogen and oxygen atoms in total. The summed E-state index contributed by atoms with van der Waals surface area (Å²) in [5.74, 6) is 2.07. The second kappa shape index (κ2) is 12.0. The van der Waals surface area contributed by atoms with Gasteiger partial charge in [0.25, 0.3) is 0 Å². The molecule has 1 N–H and O–H groups in total. The lowest BCUT2D eigenvalue weighted by Gasteiger charge is -2.20. The number of carbonyl (C=O) groups is 2. The van der Waals surface area contributed by atoms with Crippen molar-refractivity contribution in [3.63, 3.8) is 0 Å². The number of nitrogens with zero attached hydrogens (tertiary/aromatic N) is 4. The Morgan fingerprint density at radius 1 is 1.19 bits per heavy atom. The van der Waals surface area contributed by atoms with Gasteiger partial charge in [-0.15, -0.1) is 10.2 Å². The first-order valence-electron chi connectivity index (χ1n) is 11.3. The van der Waals surface area contributed by atoms with Crippen molar-refractivity contribution in [2.75, 3.05) is 18.9 Å². The lowest BCUT2D eigenvalue weighted by molar-refractivity contribution is -0.131. The summed E-state index contributed by atoms with van der Waals surface area (Å²) in [5, 5.41) is 19.7. The third kappa shape index (κ3) is 6.56. The van der Waals surface area contributed by atoms with Crippen LogP contribution < -0.4 is 4.74 Å². The van der Waals surface area contributed by atoms with E-state index in [0.29, 0.717) is 43.0 Å². The minimum atomic E-state index is -0.686. The largest absolute Gasteiger partial charge is 0.491 e. The number of ketones is 1. The first-order chi connectivity index (χ1) is 15.5. The highest BCUT2D eigenvalue weighted by molar-refractivity contribution is 7.99. The van der Waals surface area contributed by atoms with Crippen molar-refractivity contribution in [3.05, 3.63) is 35.7 Å². The zero-order valence-corrected chi connectivity index (χ0v) is 19.6. The molecule has 0 bridgehead atoms. The van der Waals surface area contributed by atoms with Crippen molar-refractivity contribution in [1.82, 2.24) is 19.7 Å². The van der Waals surface area contributed by atoms with Crippen LogP contribution in [0.4, 0.5) is 0 Å². The average Bonchev–Trinajstić information content (AvgIpc) is 3.09. The summed E-state index contributed by atoms with van der Waals surface area (Å²) in [5.41, 5.74) is 0.660. The molecule has 2 heterocycles. The number of ether oxygens (including phenoxy) is 1. The van der Waals surface area contributed by atoms with Gasteiger partial charge in [0.1, 0.15) is 12.4 Å². The zero-order valence-electron chi connectivity index (χ0n) is 18.8. The maximum absolute atomic E-state index is 12.3. The Morgan fingerprint density at radius 3 is 2.69 bits per heavy atom. The molecule has 174 valence electrons. The number of rotatable bonds is 11. The molecule has 1 atom stereocenters. The molecule has 1 amide bonds. The number of aliphatic hydroxyl groups is 1. The van der Waals surface area contributed by atoms with Gasteiger partial charge in [0.05, 0.1) is 12.6 Å². The van der Waals surface area contributed by atoms with Gasteiger partial charge in [-0.05, 0) is 44.0 Å². The maximum Gasteiger partial charge on any atom is 0.222 e. The number of hydrogen-bond acceptors (Lipinski definition) is 7. The van der Waals surface area contributed by atoms with Crippen LogP contribution in [-0.2, 0) is 17.9 Å². The molecule has 1 saturated heterocycles. The molecule has 0 aliphatic carbocycles. The van der Waals surface area contributed by atoms with Crippen molar-refractivity contribution in [1.29, 1.82) is 0 Å². The van der Waals surface area contributed by atoms with Gasteiger partial charge in [-0.1, -0.05) is 25.1 Å². The summed E-state index contributed by atoms with van der Waals surface area (Å²) in [4.78, 5) is 25.9. The zero-order chi connectivity index (χ0) is 22.9. The predicted molar refractivity (Wildman–Crippen MR) is 123 cm³/mol. The van der Waals surface area contributed by atoms with Crippen LogP contribution in [0.5, 0.6) is 5.75 Å². The van der Waals surface area contributed by atoms with Crippen LogP contribution in [0.3, 0.4) is 0 Å². The predicted octanol–water partition coefficient (Wildman–Crippen LogP) is 3.33. The third-order valence-corrected chi connectivity index (χ3v) is 6.57. The van der Waals surface area contributed by atoms with Gasteiger partial charge in [0, 0.05) is 37.2 Å². The van der Waals surface area contributed by atoms with E-state index in [1.165, 1.54) is 11.8 Å². The standard InChI is InChI=1S/C23H32N4O4S/c1-3-20(29)17-9-11-19(12-10-17)31-15-18(28)16-32-23-25-24-21(27(23)4-2)14-26-13-7-5-6-8-22(26)30/h9-12,18,28H,3-8,13-16H2,1-2H3. The summed E-state index contributed by atoms with van der Waals surface area (Å²) in [7, 11) is 0. The second-order valence-electron chi connectivity index (χ2n) is 7.85. The highest BCUT2D eigenvalue weighted by atomic mass is 32.2. The summed E-state index contributed by atoms with van der Waals surface area (Å²) in [6.45, 7) is 5.93. The number of thioether (sulfide) groups is 1. The molecule has 1 fully saturated rings. The molecule has 1 aliphatic rings. The molecule has 32 heavy (non-hydrogen) atoms. The minimum absolute atomic E-state index is 0.0904. The first-order valence-corrected chi connectivity index (χ1v) is 12.3. The van der Waals surface area contributed by atoms with Crippen LogP contribution >= 0.6 is 11.8 Å². The Morgan fingerprint density at radius 2 is 1.97 bits per heavy atom. The van der Waals surface area contributed by atoms with E-state index in [9.17, 15) is 14.7 Å². The summed E-state index contributed by atoms with van der Waals surface area (Å²) in [6, 6.07) is 6.96. The number of likely N-dealkylation sites (tertiary alicyclic amines) is 1. The second-order valence-corrected chi connectivity index (χ2v) is 8.83. The van der Waals surface area contributed by atoms with E-state index >= 15 is 0 Å². The molecule has 0 radical (unpaired) electrons. The topological polar surface area (TPSA) is 97.6 Å². The fraction of sp³-hybridized carbons (Fsp3) is 0.565. The van der Waals surface area contributed by atoms with Gasteiger partial charge in [0.15, 0.2) is 16.8 Å². The van der Waals surface area contributed by atoms with Gasteiger partial charge in [-0.25, -0.2) is 0 Å². The third-order valence-electron chi connectivity index (χ3n) is 5.46. The van der Waals surface area contributed by atoms with E-state index in [1.54, 1.807) is 24.3 Å². The minimum Gasteiger partial charge on any atom is -0.491 e. The maximum atomic E-state index is 12.3. The average molecular weight is 461 g/mol. The van der Waals surface area contributed by atoms with Crippen molar-refractivity contribution >= 4 is 23.5 Å². The van der Waals surface area contributed by atoms with E-state index in [4.69, 9.17) is 4.74 Å². The van der Waals surface area contributed by atoms with Gasteiger partial charge >= 0.3 is 0 Å². The SMILES string of the molecule is CCC(=O)c1ccc(OCC(O)CSc2nnc(CN3CCCCCC3=O)n2CC)cc1. The van der Waals surface area contributed by atoms with Crippen LogP contribution in [-0.4, -0.2) is 61.5 Å². The number of Topliss-reactive ketones (excluding diaryl/α,β-unsaturated/α-hetero) is 1. The normalized spacial score (nSPS) is 15.5. The lowest BCUT2D eigenvalue weighted by Crippen LogP contribution is -2.31. The Kier molecular flexibility index (Phi) is 9.11. The van der Waals surface area contributed by atoms with E-state index in [2.05, 4.69) is 10.2 Å². The fourth-order valence-corrected chi connectivity index (χ4v) is 4.52. The quantitative estimate of drug-likeness (QED) is 0.406. The van der Waals surface area contributed by atoms with E-state index in [0.717, 1.165) is 36.8 Å². The smallest absolute Gasteiger partial charge is 0.222 e. The monoisotopic (exact) mass is 460 g/mol. The number of benzene rings is 1. The summed E-state index contributed by atoms with van der Waals surface area (Å²) in [6.07, 6.45) is 3.45. The van der Waals surface area contributed by atoms with Crippen LogP contribution in [0.2, 0.25) is 0 Å². The number of aromatic nitrogens is 3. The molecular weight excluding hydrogens is 428 g/mol. The molecular formula is C23H32N4O4S. The first kappa shape index (κ1) is 24.3. The van der Waals surface area contributed by atoms with Crippen molar-refractivity contribution in [2.24, 2.45) is 0 Å². The van der Waals surface area contributed by atoms with Crippen molar-refractivity contribution in [2.45, 2.75) is 70.3 Å². The van der Waals surface area contributed by atoms with Crippen molar-refractivity contribution < 1.29 is 19.4 Å². The van der Waals surface area contributed by atoms with E-state index in [-0.39, 0.29) is 18.3 Å². The molecule has 1 aromatic heterocycles. The molecule has 2 aromatic rings. The Bertz CT molecular complexity index is 900. The van der Waals surface area contributed by atoms with Crippen LogP contribution in [0.15, 0.2) is 29.4 Å². The van der Waals surface area contributed by atoms with Gasteiger partial charge in [0.2, 0.25) is 5.91 Å².